The molecule has 190 valence electrons. The highest BCUT2D eigenvalue weighted by Gasteiger charge is 2.31. The molecule has 0 aliphatic heterocycles. The van der Waals surface area contributed by atoms with Gasteiger partial charge >= 0.3 is 5.97 Å². The Labute approximate surface area is 195 Å². The molecule has 0 saturated heterocycles. The molecule has 0 aromatic carbocycles. The Kier molecular flexibility index (Phi) is 13.9. The van der Waals surface area contributed by atoms with Crippen molar-refractivity contribution in [3.8, 4) is 0 Å². The van der Waals surface area contributed by atoms with Crippen LogP contribution in [-0.4, -0.2) is 72.0 Å². The van der Waals surface area contributed by atoms with Gasteiger partial charge in [-0.05, 0) is 44.6 Å². The third-order valence-corrected chi connectivity index (χ3v) is 5.01. The average Bonchev–Trinajstić information content (AvgIpc) is 2.73. The van der Waals surface area contributed by atoms with Crippen LogP contribution in [0.3, 0.4) is 0 Å². The number of rotatable bonds is 15. The molecule has 0 radical (unpaired) electrons. The first-order valence-corrected chi connectivity index (χ1v) is 11.2. The Bertz CT molecular complexity index is 684. The zero-order valence-electron chi connectivity index (χ0n) is 20.1. The molecule has 4 atom stereocenters. The van der Waals surface area contributed by atoms with E-state index in [1.807, 2.05) is 0 Å². The fourth-order valence-corrected chi connectivity index (χ4v) is 2.81. The molecule has 0 fully saturated rings. The molecule has 0 heterocycles. The SMILES string of the molecule is CC(C)[C@H](N)C(=O)N[C@H](C(=O)N[C@@H](CCCCN)C(=O)N[C@@H](C)C(=O)NCC(=O)O)C(C)C. The summed E-state index contributed by atoms with van der Waals surface area (Å²) in [5.41, 5.74) is 11.4. The molecule has 12 nitrogen and oxygen atoms in total. The van der Waals surface area contributed by atoms with Crippen molar-refractivity contribution in [1.29, 1.82) is 0 Å². The Hall–Kier alpha value is -2.73. The summed E-state index contributed by atoms with van der Waals surface area (Å²) in [6.45, 7) is 8.32. The second-order valence-corrected chi connectivity index (χ2v) is 8.69. The van der Waals surface area contributed by atoms with Crippen LogP contribution in [-0.2, 0) is 24.0 Å². The van der Waals surface area contributed by atoms with E-state index in [2.05, 4.69) is 21.3 Å². The van der Waals surface area contributed by atoms with Crippen molar-refractivity contribution in [3.63, 3.8) is 0 Å². The van der Waals surface area contributed by atoms with Crippen molar-refractivity contribution in [2.45, 2.75) is 78.0 Å². The molecule has 0 aromatic heterocycles. The molecule has 0 rings (SSSR count). The van der Waals surface area contributed by atoms with Crippen LogP contribution in [0.1, 0.15) is 53.9 Å². The number of carbonyl (C=O) groups is 5. The smallest absolute Gasteiger partial charge is 0.322 e. The molecule has 33 heavy (non-hydrogen) atoms. The Morgan fingerprint density at radius 2 is 1.39 bits per heavy atom. The first kappa shape index (κ1) is 30.3. The van der Waals surface area contributed by atoms with Crippen molar-refractivity contribution < 1.29 is 29.1 Å². The summed E-state index contributed by atoms with van der Waals surface area (Å²) in [6, 6.07) is -3.69. The van der Waals surface area contributed by atoms with Gasteiger partial charge in [0.1, 0.15) is 24.7 Å². The average molecular weight is 473 g/mol. The van der Waals surface area contributed by atoms with E-state index in [4.69, 9.17) is 16.6 Å². The fourth-order valence-electron chi connectivity index (χ4n) is 2.81. The van der Waals surface area contributed by atoms with Gasteiger partial charge in [-0.15, -0.1) is 0 Å². The van der Waals surface area contributed by atoms with E-state index in [1.54, 1.807) is 27.7 Å². The van der Waals surface area contributed by atoms with Gasteiger partial charge in [0, 0.05) is 0 Å². The van der Waals surface area contributed by atoms with Gasteiger partial charge < -0.3 is 37.8 Å². The minimum absolute atomic E-state index is 0.121. The molecular weight excluding hydrogens is 432 g/mol. The standard InChI is InChI=1S/C21H40N6O6/c1-11(2)16(23)20(32)27-17(12(3)4)21(33)26-14(8-6-7-9-22)19(31)25-13(5)18(30)24-10-15(28)29/h11-14,16-17H,6-10,22-23H2,1-5H3,(H,24,30)(H,25,31)(H,26,33)(H,27,32)(H,28,29)/t13-,14-,16-,17-/m0/s1. The third-order valence-electron chi connectivity index (χ3n) is 5.01. The van der Waals surface area contributed by atoms with Crippen molar-refractivity contribution >= 4 is 29.6 Å². The summed E-state index contributed by atoms with van der Waals surface area (Å²) in [5.74, 6) is -3.91. The van der Waals surface area contributed by atoms with Gasteiger partial charge in [-0.1, -0.05) is 27.7 Å². The van der Waals surface area contributed by atoms with Crippen LogP contribution < -0.4 is 32.7 Å². The second kappa shape index (κ2) is 15.2. The predicted octanol–water partition coefficient (Wildman–Crippen LogP) is -1.57. The summed E-state index contributed by atoms with van der Waals surface area (Å²) in [6.07, 6.45) is 1.44. The largest absolute Gasteiger partial charge is 0.480 e. The quantitative estimate of drug-likeness (QED) is 0.138. The molecular formula is C21H40N6O6. The predicted molar refractivity (Wildman–Crippen MR) is 123 cm³/mol. The van der Waals surface area contributed by atoms with Crippen LogP contribution in [0.2, 0.25) is 0 Å². The summed E-state index contributed by atoms with van der Waals surface area (Å²) in [7, 11) is 0. The molecule has 0 unspecified atom stereocenters. The van der Waals surface area contributed by atoms with Gasteiger partial charge in [-0.2, -0.15) is 0 Å². The number of carbonyl (C=O) groups excluding carboxylic acids is 4. The van der Waals surface area contributed by atoms with Gasteiger partial charge in [-0.25, -0.2) is 0 Å². The van der Waals surface area contributed by atoms with Gasteiger partial charge in [-0.3, -0.25) is 24.0 Å². The third kappa shape index (κ3) is 11.6. The topological polar surface area (TPSA) is 206 Å². The van der Waals surface area contributed by atoms with Crippen LogP contribution in [0.4, 0.5) is 0 Å². The van der Waals surface area contributed by atoms with Crippen LogP contribution in [0, 0.1) is 11.8 Å². The summed E-state index contributed by atoms with van der Waals surface area (Å²) >= 11 is 0. The van der Waals surface area contributed by atoms with Crippen LogP contribution in [0.5, 0.6) is 0 Å². The molecule has 0 spiro atoms. The number of carboxylic acids is 1. The number of hydrogen-bond donors (Lipinski definition) is 7. The molecule has 0 aliphatic rings. The van der Waals surface area contributed by atoms with Gasteiger partial charge in [0.15, 0.2) is 0 Å². The zero-order valence-corrected chi connectivity index (χ0v) is 20.1. The number of carboxylic acid groups (broad SMARTS) is 1. The van der Waals surface area contributed by atoms with Gasteiger partial charge in [0.25, 0.3) is 0 Å². The lowest BCUT2D eigenvalue weighted by Gasteiger charge is -2.27. The molecule has 4 amide bonds. The van der Waals surface area contributed by atoms with E-state index < -0.39 is 60.3 Å². The van der Waals surface area contributed by atoms with Crippen LogP contribution in [0.25, 0.3) is 0 Å². The number of unbranched alkanes of at least 4 members (excludes halogenated alkanes) is 1. The maximum atomic E-state index is 12.9. The fraction of sp³-hybridized carbons (Fsp3) is 0.762. The second-order valence-electron chi connectivity index (χ2n) is 8.69. The van der Waals surface area contributed by atoms with E-state index in [0.29, 0.717) is 19.4 Å². The van der Waals surface area contributed by atoms with E-state index >= 15 is 0 Å². The van der Waals surface area contributed by atoms with Crippen LogP contribution >= 0.6 is 0 Å². The molecule has 0 aromatic rings. The van der Waals surface area contributed by atoms with Gasteiger partial charge in [0.05, 0.1) is 6.04 Å². The van der Waals surface area contributed by atoms with Crippen molar-refractivity contribution in [2.24, 2.45) is 23.3 Å². The van der Waals surface area contributed by atoms with E-state index in [0.717, 1.165) is 0 Å². The van der Waals surface area contributed by atoms with Crippen molar-refractivity contribution in [3.05, 3.63) is 0 Å². The summed E-state index contributed by atoms with van der Waals surface area (Å²) < 4.78 is 0. The zero-order chi connectivity index (χ0) is 25.7. The van der Waals surface area contributed by atoms with Crippen LogP contribution in [0.15, 0.2) is 0 Å². The number of aliphatic carboxylic acids is 1. The number of nitrogens with one attached hydrogen (secondary N) is 4. The Morgan fingerprint density at radius 1 is 0.788 bits per heavy atom. The first-order valence-electron chi connectivity index (χ1n) is 11.2. The molecule has 0 aliphatic carbocycles. The summed E-state index contributed by atoms with van der Waals surface area (Å²) in [5, 5.41) is 18.6. The van der Waals surface area contributed by atoms with Gasteiger partial charge in [0.2, 0.25) is 23.6 Å². The maximum Gasteiger partial charge on any atom is 0.322 e. The molecule has 9 N–H and O–H groups in total. The minimum Gasteiger partial charge on any atom is -0.480 e. The van der Waals surface area contributed by atoms with E-state index in [1.165, 1.54) is 6.92 Å². The minimum atomic E-state index is -1.22. The lowest BCUT2D eigenvalue weighted by molar-refractivity contribution is -0.138. The highest BCUT2D eigenvalue weighted by atomic mass is 16.4. The molecule has 0 bridgehead atoms. The number of nitrogens with two attached hydrogens (primary N) is 2. The molecule has 0 saturated carbocycles. The van der Waals surface area contributed by atoms with E-state index in [-0.39, 0.29) is 18.3 Å². The Balaban J connectivity index is 5.32. The number of hydrogen-bond acceptors (Lipinski definition) is 7. The highest BCUT2D eigenvalue weighted by Crippen LogP contribution is 2.08. The maximum absolute atomic E-state index is 12.9. The monoisotopic (exact) mass is 472 g/mol. The van der Waals surface area contributed by atoms with Crippen molar-refractivity contribution in [2.75, 3.05) is 13.1 Å². The Morgan fingerprint density at radius 3 is 1.88 bits per heavy atom. The normalized spacial score (nSPS) is 14.7. The first-order chi connectivity index (χ1) is 15.3. The lowest BCUT2D eigenvalue weighted by atomic mass is 9.99. The van der Waals surface area contributed by atoms with Crippen molar-refractivity contribution in [1.82, 2.24) is 21.3 Å². The highest BCUT2D eigenvalue weighted by molar-refractivity contribution is 5.95. The lowest BCUT2D eigenvalue weighted by Crippen LogP contribution is -2.59. The number of amides is 4. The summed E-state index contributed by atoms with van der Waals surface area (Å²) in [4.78, 5) is 60.7. The van der Waals surface area contributed by atoms with E-state index in [9.17, 15) is 24.0 Å². The molecule has 12 heteroatoms.